The van der Waals surface area contributed by atoms with E-state index in [0.717, 1.165) is 36.4 Å². The normalized spacial score (nSPS) is 17.2. The van der Waals surface area contributed by atoms with E-state index in [2.05, 4.69) is 37.3 Å². The van der Waals surface area contributed by atoms with Gasteiger partial charge in [-0.3, -0.25) is 24.8 Å². The Labute approximate surface area is 220 Å². The maximum Gasteiger partial charge on any atom is 0.280 e. The molecule has 3 aromatic heterocycles. The van der Waals surface area contributed by atoms with Crippen LogP contribution in [0.1, 0.15) is 47.3 Å². The van der Waals surface area contributed by atoms with Crippen molar-refractivity contribution in [2.75, 3.05) is 30.5 Å². The van der Waals surface area contributed by atoms with E-state index in [9.17, 15) is 18.4 Å². The fraction of sp³-hybridized carbons (Fsp3) is 0.360. The lowest BCUT2D eigenvalue weighted by molar-refractivity contribution is -0.127. The molecule has 0 bridgehead atoms. The Kier molecular flexibility index (Phi) is 7.26. The van der Waals surface area contributed by atoms with Crippen LogP contribution in [0.3, 0.4) is 0 Å². The number of anilines is 2. The lowest BCUT2D eigenvalue weighted by Gasteiger charge is -2.32. The van der Waals surface area contributed by atoms with Crippen molar-refractivity contribution in [1.82, 2.24) is 20.2 Å². The number of alkyl halides is 2. The molecule has 196 valence electrons. The summed E-state index contributed by atoms with van der Waals surface area (Å²) in [5.74, 6) is 5.91. The number of aromatic nitrogens is 4. The molecule has 1 aliphatic heterocycles. The van der Waals surface area contributed by atoms with E-state index in [1.165, 1.54) is 24.3 Å². The number of carbonyl (C=O) groups excluding carboxylic acids is 2. The molecule has 1 unspecified atom stereocenters. The number of pyridine rings is 2. The monoisotopic (exact) mass is 540 g/mol. The quantitative estimate of drug-likeness (QED) is 0.470. The number of hydrogen-bond donors (Lipinski definition) is 1. The van der Waals surface area contributed by atoms with Crippen molar-refractivity contribution in [3.8, 4) is 28.7 Å². The summed E-state index contributed by atoms with van der Waals surface area (Å²) in [7, 11) is 1.36. The summed E-state index contributed by atoms with van der Waals surface area (Å²) in [4.78, 5) is 35.5. The number of rotatable bonds is 6. The maximum absolute atomic E-state index is 13.5. The van der Waals surface area contributed by atoms with Crippen LogP contribution in [-0.2, 0) is 9.53 Å². The number of methoxy groups -OCH3 is 1. The van der Waals surface area contributed by atoms with Crippen molar-refractivity contribution in [3.05, 3.63) is 40.8 Å². The van der Waals surface area contributed by atoms with Gasteiger partial charge in [0.05, 0.1) is 31.5 Å². The van der Waals surface area contributed by atoms with E-state index in [-0.39, 0.29) is 51.9 Å². The van der Waals surface area contributed by atoms with Crippen LogP contribution in [0.15, 0.2) is 24.5 Å². The van der Waals surface area contributed by atoms with Gasteiger partial charge in [0, 0.05) is 23.2 Å². The summed E-state index contributed by atoms with van der Waals surface area (Å²) in [5.41, 5.74) is -0.0383. The van der Waals surface area contributed by atoms with Gasteiger partial charge in [0.1, 0.15) is 23.9 Å². The maximum atomic E-state index is 13.5. The van der Waals surface area contributed by atoms with Crippen molar-refractivity contribution in [2.45, 2.75) is 32.2 Å². The highest BCUT2D eigenvalue weighted by Crippen LogP contribution is 2.37. The second kappa shape index (κ2) is 10.8. The van der Waals surface area contributed by atoms with Crippen molar-refractivity contribution >= 4 is 34.1 Å². The van der Waals surface area contributed by atoms with Gasteiger partial charge in [0.25, 0.3) is 18.2 Å². The third-order valence-corrected chi connectivity index (χ3v) is 6.66. The zero-order valence-electron chi connectivity index (χ0n) is 20.4. The smallest absolute Gasteiger partial charge is 0.280 e. The minimum Gasteiger partial charge on any atom is -0.494 e. The average molecular weight is 541 g/mol. The van der Waals surface area contributed by atoms with Crippen LogP contribution in [0.5, 0.6) is 5.75 Å². The first-order valence-corrected chi connectivity index (χ1v) is 12.5. The molecule has 1 saturated heterocycles. The SMILES string of the molecule is COc1cnc(C(F)F)cc1-c1cc(N2C(=O)COCC2C)ncc1C(=O)Nc1nnc(C#CC2CC2)s1. The minimum atomic E-state index is -2.85. The van der Waals surface area contributed by atoms with E-state index < -0.39 is 18.0 Å². The molecule has 0 radical (unpaired) electrons. The lowest BCUT2D eigenvalue weighted by atomic mass is 9.99. The Morgan fingerprint density at radius 1 is 1.24 bits per heavy atom. The highest BCUT2D eigenvalue weighted by Gasteiger charge is 2.30. The van der Waals surface area contributed by atoms with Crippen LogP contribution in [0.4, 0.5) is 19.7 Å². The van der Waals surface area contributed by atoms with E-state index >= 15 is 0 Å². The standard InChI is InChI=1S/C25H22F2N6O4S/c1-13-11-37-12-22(34)33(13)20-8-15(16-7-18(23(26)27)28-10-19(16)36-2)17(9-29-20)24(35)30-25-32-31-21(38-25)6-5-14-3-4-14/h7-10,13-14,23H,3-4,11-12H2,1-2H3,(H,30,32,35). The van der Waals surface area contributed by atoms with Gasteiger partial charge in [-0.25, -0.2) is 13.8 Å². The number of nitrogens with one attached hydrogen (secondary N) is 1. The van der Waals surface area contributed by atoms with Gasteiger partial charge < -0.3 is 9.47 Å². The van der Waals surface area contributed by atoms with Gasteiger partial charge in [-0.15, -0.1) is 10.2 Å². The van der Waals surface area contributed by atoms with Crippen LogP contribution >= 0.6 is 11.3 Å². The molecule has 1 N–H and O–H groups in total. The van der Waals surface area contributed by atoms with Gasteiger partial charge in [-0.2, -0.15) is 0 Å². The van der Waals surface area contributed by atoms with E-state index in [4.69, 9.17) is 9.47 Å². The molecule has 38 heavy (non-hydrogen) atoms. The van der Waals surface area contributed by atoms with Gasteiger partial charge in [0.15, 0.2) is 5.01 Å². The summed E-state index contributed by atoms with van der Waals surface area (Å²) in [6.45, 7) is 1.96. The Hall–Kier alpha value is -4.02. The molecule has 1 aliphatic carbocycles. The van der Waals surface area contributed by atoms with E-state index in [1.807, 2.05) is 0 Å². The Balaban J connectivity index is 1.55. The van der Waals surface area contributed by atoms with Gasteiger partial charge in [-0.05, 0) is 37.8 Å². The summed E-state index contributed by atoms with van der Waals surface area (Å²) in [5, 5.41) is 11.3. The van der Waals surface area contributed by atoms with E-state index in [1.54, 1.807) is 6.92 Å². The molecular weight excluding hydrogens is 518 g/mol. The fourth-order valence-electron chi connectivity index (χ4n) is 3.87. The highest BCUT2D eigenvalue weighted by molar-refractivity contribution is 7.15. The van der Waals surface area contributed by atoms with E-state index in [0.29, 0.717) is 17.5 Å². The Morgan fingerprint density at radius 2 is 2.05 bits per heavy atom. The summed E-state index contributed by atoms with van der Waals surface area (Å²) >= 11 is 1.12. The molecule has 5 rings (SSSR count). The second-order valence-electron chi connectivity index (χ2n) is 8.74. The number of ether oxygens (including phenoxy) is 2. The fourth-order valence-corrected chi connectivity index (χ4v) is 4.47. The zero-order valence-corrected chi connectivity index (χ0v) is 21.2. The first-order valence-electron chi connectivity index (χ1n) is 11.7. The third kappa shape index (κ3) is 5.46. The van der Waals surface area contributed by atoms with Gasteiger partial charge in [-0.1, -0.05) is 17.3 Å². The first-order chi connectivity index (χ1) is 18.3. The third-order valence-electron chi connectivity index (χ3n) is 5.90. The topological polar surface area (TPSA) is 119 Å². The second-order valence-corrected chi connectivity index (χ2v) is 9.71. The van der Waals surface area contributed by atoms with Crippen LogP contribution in [0, 0.1) is 17.8 Å². The molecule has 2 aliphatic rings. The number of carbonyl (C=O) groups is 2. The number of nitrogens with zero attached hydrogens (tertiary/aromatic N) is 5. The van der Waals surface area contributed by atoms with Crippen molar-refractivity contribution in [3.63, 3.8) is 0 Å². The molecule has 3 aromatic rings. The summed E-state index contributed by atoms with van der Waals surface area (Å²) in [6, 6.07) is 2.32. The highest BCUT2D eigenvalue weighted by atomic mass is 32.1. The predicted molar refractivity (Wildman–Crippen MR) is 134 cm³/mol. The molecule has 1 atom stereocenters. The Morgan fingerprint density at radius 3 is 2.76 bits per heavy atom. The predicted octanol–water partition coefficient (Wildman–Crippen LogP) is 3.71. The van der Waals surface area contributed by atoms with Gasteiger partial charge in [0.2, 0.25) is 5.13 Å². The van der Waals surface area contributed by atoms with Crippen molar-refractivity contribution in [1.29, 1.82) is 0 Å². The number of morpholine rings is 1. The minimum absolute atomic E-state index is 0.0487. The number of halogens is 2. The summed E-state index contributed by atoms with van der Waals surface area (Å²) in [6.07, 6.45) is 1.74. The first kappa shape index (κ1) is 25.6. The number of amides is 2. The largest absolute Gasteiger partial charge is 0.494 e. The molecule has 2 amide bonds. The molecule has 2 fully saturated rings. The van der Waals surface area contributed by atoms with Crippen LogP contribution in [-0.4, -0.2) is 58.3 Å². The molecular formula is C25H22F2N6O4S. The van der Waals surface area contributed by atoms with Gasteiger partial charge >= 0.3 is 0 Å². The average Bonchev–Trinajstić information content (AvgIpc) is 3.64. The molecule has 1 saturated carbocycles. The Bertz CT molecular complexity index is 1450. The van der Waals surface area contributed by atoms with Crippen LogP contribution < -0.4 is 15.0 Å². The van der Waals surface area contributed by atoms with Crippen LogP contribution in [0.2, 0.25) is 0 Å². The molecule has 10 nitrogen and oxygen atoms in total. The summed E-state index contributed by atoms with van der Waals surface area (Å²) < 4.78 is 37.8. The molecule has 0 aromatic carbocycles. The van der Waals surface area contributed by atoms with Crippen molar-refractivity contribution in [2.24, 2.45) is 5.92 Å². The molecule has 13 heteroatoms. The lowest BCUT2D eigenvalue weighted by Crippen LogP contribution is -2.48. The zero-order chi connectivity index (χ0) is 26.8. The molecule has 4 heterocycles. The van der Waals surface area contributed by atoms with Crippen molar-refractivity contribution < 1.29 is 27.8 Å². The van der Waals surface area contributed by atoms with Crippen LogP contribution in [0.25, 0.3) is 11.1 Å². The number of hydrogen-bond acceptors (Lipinski definition) is 9. The molecule has 0 spiro atoms.